The summed E-state index contributed by atoms with van der Waals surface area (Å²) in [5.41, 5.74) is 0. The third-order valence-corrected chi connectivity index (χ3v) is 7.89. The molecule has 0 bridgehead atoms. The molecule has 2 heterocycles. The van der Waals surface area contributed by atoms with Gasteiger partial charge in [0.15, 0.2) is 0 Å². The molecule has 1 aliphatic rings. The first-order valence-corrected chi connectivity index (χ1v) is 9.76. The molecule has 1 saturated heterocycles. The summed E-state index contributed by atoms with van der Waals surface area (Å²) in [6.07, 6.45) is 0. The maximum absolute atomic E-state index is 12.5. The lowest BCUT2D eigenvalue weighted by atomic mass is 10.4. The molecule has 2 amide bonds. The molecule has 10 heteroatoms. The Morgan fingerprint density at radius 3 is 2.52 bits per heavy atom. The second kappa shape index (κ2) is 6.82. The Morgan fingerprint density at radius 1 is 1.43 bits per heavy atom. The molecule has 1 N–H and O–H groups in total. The summed E-state index contributed by atoms with van der Waals surface area (Å²) in [6.45, 7) is 3.73. The van der Waals surface area contributed by atoms with Gasteiger partial charge in [0.05, 0.1) is 8.81 Å². The first-order valence-electron chi connectivity index (χ1n) is 6.34. The highest BCUT2D eigenvalue weighted by Gasteiger charge is 2.31. The second-order valence-electron chi connectivity index (χ2n) is 4.41. The number of urea groups is 1. The van der Waals surface area contributed by atoms with Crippen LogP contribution >= 0.6 is 38.9 Å². The van der Waals surface area contributed by atoms with Crippen LogP contribution in [0.1, 0.15) is 6.92 Å². The molecule has 118 valence electrons. The fourth-order valence-electron chi connectivity index (χ4n) is 1.98. The molecule has 0 aromatic carbocycles. The standard InChI is InChI=1S/C11H15BrClN3O3S2/c1-2-14-11(17)15-3-5-16(6-4-15)21(18,19)9-7-8(13)10(12)20-9/h7H,2-6H2,1H3,(H,14,17). The highest BCUT2D eigenvalue weighted by atomic mass is 79.9. The molecule has 1 aliphatic heterocycles. The van der Waals surface area contributed by atoms with Crippen LogP contribution in [0, 0.1) is 0 Å². The lowest BCUT2D eigenvalue weighted by Crippen LogP contribution is -2.52. The fraction of sp³-hybridized carbons (Fsp3) is 0.545. The van der Waals surface area contributed by atoms with Gasteiger partial charge in [-0.2, -0.15) is 4.31 Å². The molecule has 1 aromatic rings. The van der Waals surface area contributed by atoms with Crippen molar-refractivity contribution in [1.29, 1.82) is 0 Å². The van der Waals surface area contributed by atoms with E-state index in [1.165, 1.54) is 10.4 Å². The summed E-state index contributed by atoms with van der Waals surface area (Å²) in [5, 5.41) is 3.10. The fourth-order valence-corrected chi connectivity index (χ4v) is 5.95. The summed E-state index contributed by atoms with van der Waals surface area (Å²) < 4.78 is 27.2. The third-order valence-electron chi connectivity index (χ3n) is 3.07. The Hall–Kier alpha value is -0.350. The number of thiophene rings is 1. The first-order chi connectivity index (χ1) is 9.86. The van der Waals surface area contributed by atoms with Gasteiger partial charge in [-0.15, -0.1) is 11.3 Å². The predicted molar refractivity (Wildman–Crippen MR) is 86.4 cm³/mol. The van der Waals surface area contributed by atoms with Crippen LogP contribution in [-0.4, -0.2) is 56.4 Å². The number of nitrogens with one attached hydrogen (secondary N) is 1. The number of halogens is 2. The number of rotatable bonds is 3. The normalized spacial score (nSPS) is 17.0. The van der Waals surface area contributed by atoms with Crippen LogP contribution in [0.5, 0.6) is 0 Å². The van der Waals surface area contributed by atoms with E-state index < -0.39 is 10.0 Å². The lowest BCUT2D eigenvalue weighted by Gasteiger charge is -2.33. The predicted octanol–water partition coefficient (Wildman–Crippen LogP) is 2.20. The first kappa shape index (κ1) is 17.0. The van der Waals surface area contributed by atoms with E-state index in [0.29, 0.717) is 28.4 Å². The highest BCUT2D eigenvalue weighted by Crippen LogP contribution is 2.36. The molecule has 0 saturated carbocycles. The molecule has 21 heavy (non-hydrogen) atoms. The van der Waals surface area contributed by atoms with Crippen LogP contribution in [0.4, 0.5) is 4.79 Å². The maximum atomic E-state index is 12.5. The zero-order chi connectivity index (χ0) is 15.6. The van der Waals surface area contributed by atoms with E-state index in [1.54, 1.807) is 4.90 Å². The number of carbonyl (C=O) groups excluding carboxylic acids is 1. The molecule has 1 fully saturated rings. The summed E-state index contributed by atoms with van der Waals surface area (Å²) in [6, 6.07) is 1.29. The summed E-state index contributed by atoms with van der Waals surface area (Å²) in [5.74, 6) is 0. The van der Waals surface area contributed by atoms with E-state index in [9.17, 15) is 13.2 Å². The number of amides is 2. The largest absolute Gasteiger partial charge is 0.338 e. The zero-order valence-electron chi connectivity index (χ0n) is 11.3. The van der Waals surface area contributed by atoms with E-state index in [2.05, 4.69) is 21.2 Å². The molecular weight excluding hydrogens is 402 g/mol. The monoisotopic (exact) mass is 415 g/mol. The average molecular weight is 417 g/mol. The van der Waals surface area contributed by atoms with Gasteiger partial charge in [-0.3, -0.25) is 0 Å². The van der Waals surface area contributed by atoms with Gasteiger partial charge in [-0.1, -0.05) is 11.6 Å². The van der Waals surface area contributed by atoms with Crippen molar-refractivity contribution in [2.24, 2.45) is 0 Å². The topological polar surface area (TPSA) is 69.7 Å². The molecule has 6 nitrogen and oxygen atoms in total. The van der Waals surface area contributed by atoms with E-state index in [4.69, 9.17) is 11.6 Å². The van der Waals surface area contributed by atoms with Crippen LogP contribution in [0.3, 0.4) is 0 Å². The van der Waals surface area contributed by atoms with E-state index in [-0.39, 0.29) is 23.3 Å². The Labute approximate surface area is 141 Å². The van der Waals surface area contributed by atoms with Crippen LogP contribution in [0.15, 0.2) is 14.1 Å². The molecule has 2 rings (SSSR count). The molecule has 0 unspecified atom stereocenters. The van der Waals surface area contributed by atoms with Crippen molar-refractivity contribution in [2.75, 3.05) is 32.7 Å². The van der Waals surface area contributed by atoms with Crippen LogP contribution in [-0.2, 0) is 10.0 Å². The van der Waals surface area contributed by atoms with E-state index >= 15 is 0 Å². The molecule has 0 radical (unpaired) electrons. The zero-order valence-corrected chi connectivity index (χ0v) is 15.3. The van der Waals surface area contributed by atoms with Gasteiger partial charge in [0.25, 0.3) is 10.0 Å². The molecule has 0 spiro atoms. The minimum Gasteiger partial charge on any atom is -0.338 e. The second-order valence-corrected chi connectivity index (χ2v) is 9.36. The Morgan fingerprint density at radius 2 is 2.05 bits per heavy atom. The minimum atomic E-state index is -3.55. The Bertz CT molecular complexity index is 607. The summed E-state index contributed by atoms with van der Waals surface area (Å²) in [7, 11) is -3.55. The Kier molecular flexibility index (Phi) is 5.53. The quantitative estimate of drug-likeness (QED) is 0.821. The van der Waals surface area contributed by atoms with Crippen molar-refractivity contribution >= 4 is 54.9 Å². The van der Waals surface area contributed by atoms with Gasteiger partial charge >= 0.3 is 6.03 Å². The van der Waals surface area contributed by atoms with Crippen molar-refractivity contribution in [1.82, 2.24) is 14.5 Å². The van der Waals surface area contributed by atoms with Crippen molar-refractivity contribution in [3.05, 3.63) is 14.9 Å². The molecular formula is C11H15BrClN3O3S2. The summed E-state index contributed by atoms with van der Waals surface area (Å²) in [4.78, 5) is 13.3. The summed E-state index contributed by atoms with van der Waals surface area (Å²) >= 11 is 10.2. The smallest absolute Gasteiger partial charge is 0.317 e. The van der Waals surface area contributed by atoms with Crippen LogP contribution < -0.4 is 5.32 Å². The van der Waals surface area contributed by atoms with Gasteiger partial charge in [0.2, 0.25) is 0 Å². The van der Waals surface area contributed by atoms with Crippen molar-refractivity contribution < 1.29 is 13.2 Å². The molecule has 0 aliphatic carbocycles. The third kappa shape index (κ3) is 3.70. The van der Waals surface area contributed by atoms with Crippen molar-refractivity contribution in [3.63, 3.8) is 0 Å². The Balaban J connectivity index is 2.06. The SMILES string of the molecule is CCNC(=O)N1CCN(S(=O)(=O)c2cc(Cl)c(Br)s2)CC1. The van der Waals surface area contributed by atoms with Crippen LogP contribution in [0.2, 0.25) is 5.02 Å². The van der Waals surface area contributed by atoms with Crippen molar-refractivity contribution in [2.45, 2.75) is 11.1 Å². The van der Waals surface area contributed by atoms with E-state index in [1.807, 2.05) is 6.92 Å². The van der Waals surface area contributed by atoms with Crippen molar-refractivity contribution in [3.8, 4) is 0 Å². The molecule has 1 aromatic heterocycles. The maximum Gasteiger partial charge on any atom is 0.317 e. The molecule has 0 atom stereocenters. The van der Waals surface area contributed by atoms with Gasteiger partial charge in [-0.25, -0.2) is 13.2 Å². The number of carbonyl (C=O) groups is 1. The number of nitrogens with zero attached hydrogens (tertiary/aromatic N) is 2. The number of hydrogen-bond acceptors (Lipinski definition) is 4. The average Bonchev–Trinajstić information content (AvgIpc) is 2.80. The number of hydrogen-bond donors (Lipinski definition) is 1. The van der Waals surface area contributed by atoms with Gasteiger partial charge < -0.3 is 10.2 Å². The highest BCUT2D eigenvalue weighted by molar-refractivity contribution is 9.11. The lowest BCUT2D eigenvalue weighted by molar-refractivity contribution is 0.173. The van der Waals surface area contributed by atoms with Gasteiger partial charge in [0.1, 0.15) is 4.21 Å². The number of sulfonamides is 1. The van der Waals surface area contributed by atoms with E-state index in [0.717, 1.165) is 11.3 Å². The number of piperazine rings is 1. The minimum absolute atomic E-state index is 0.156. The van der Waals surface area contributed by atoms with Gasteiger partial charge in [0, 0.05) is 32.7 Å². The van der Waals surface area contributed by atoms with Gasteiger partial charge in [-0.05, 0) is 28.9 Å². The van der Waals surface area contributed by atoms with Crippen LogP contribution in [0.25, 0.3) is 0 Å².